The number of hydrogen-bond donors (Lipinski definition) is 0. The minimum atomic E-state index is -1.43. The van der Waals surface area contributed by atoms with Gasteiger partial charge in [-0.3, -0.25) is 0 Å². The fraction of sp³-hybridized carbons (Fsp3) is 1.00. The highest BCUT2D eigenvalue weighted by molar-refractivity contribution is 6.46. The standard InChI is InChI=1S/C14H30O2Si/c1-5-10-15-17(16-11-6-2)13-8-7-9-14(3,4)12-13/h13,17H,5-12H2,1-4H3. The van der Waals surface area contributed by atoms with E-state index in [0.29, 0.717) is 5.41 Å². The van der Waals surface area contributed by atoms with Crippen LogP contribution < -0.4 is 0 Å². The molecule has 0 heterocycles. The van der Waals surface area contributed by atoms with E-state index in [0.717, 1.165) is 31.6 Å². The summed E-state index contributed by atoms with van der Waals surface area (Å²) >= 11 is 0. The number of hydrogen-bond acceptors (Lipinski definition) is 2. The molecule has 0 aliphatic heterocycles. The van der Waals surface area contributed by atoms with Crippen LogP contribution >= 0.6 is 0 Å². The van der Waals surface area contributed by atoms with Crippen LogP contribution in [0.1, 0.15) is 66.2 Å². The zero-order chi connectivity index (χ0) is 12.7. The minimum Gasteiger partial charge on any atom is -0.396 e. The summed E-state index contributed by atoms with van der Waals surface area (Å²) in [7, 11) is -1.43. The molecule has 1 rings (SSSR count). The van der Waals surface area contributed by atoms with Crippen molar-refractivity contribution in [2.24, 2.45) is 5.41 Å². The lowest BCUT2D eigenvalue weighted by Gasteiger charge is -2.37. The maximum absolute atomic E-state index is 6.04. The highest BCUT2D eigenvalue weighted by Crippen LogP contribution is 2.43. The van der Waals surface area contributed by atoms with Crippen LogP contribution in [0, 0.1) is 5.41 Å². The molecule has 2 nitrogen and oxygen atoms in total. The molecule has 1 aliphatic carbocycles. The monoisotopic (exact) mass is 258 g/mol. The second kappa shape index (κ2) is 7.55. The van der Waals surface area contributed by atoms with Crippen molar-refractivity contribution < 1.29 is 8.85 Å². The zero-order valence-electron chi connectivity index (χ0n) is 12.1. The second-order valence-electron chi connectivity index (χ2n) is 6.13. The van der Waals surface area contributed by atoms with E-state index in [1.54, 1.807) is 0 Å². The molecule has 0 saturated heterocycles. The van der Waals surface area contributed by atoms with Gasteiger partial charge in [0.2, 0.25) is 0 Å². The zero-order valence-corrected chi connectivity index (χ0v) is 13.3. The Kier molecular flexibility index (Phi) is 6.74. The molecule has 0 N–H and O–H groups in total. The Bertz CT molecular complexity index is 198. The first-order valence-corrected chi connectivity index (χ1v) is 8.93. The Labute approximate surface area is 109 Å². The van der Waals surface area contributed by atoms with E-state index in [2.05, 4.69) is 27.7 Å². The Morgan fingerprint density at radius 3 is 2.18 bits per heavy atom. The van der Waals surface area contributed by atoms with Gasteiger partial charge in [0.05, 0.1) is 0 Å². The van der Waals surface area contributed by atoms with E-state index in [9.17, 15) is 0 Å². The Balaban J connectivity index is 2.48. The summed E-state index contributed by atoms with van der Waals surface area (Å²) in [6, 6.07) is 0. The van der Waals surface area contributed by atoms with Crippen LogP contribution in [0.3, 0.4) is 0 Å². The molecule has 102 valence electrons. The quantitative estimate of drug-likeness (QED) is 0.642. The second-order valence-corrected chi connectivity index (χ2v) is 8.48. The van der Waals surface area contributed by atoms with Gasteiger partial charge in [-0.25, -0.2) is 0 Å². The first kappa shape index (κ1) is 15.2. The topological polar surface area (TPSA) is 18.5 Å². The molecule has 0 amide bonds. The molecule has 3 heteroatoms. The van der Waals surface area contributed by atoms with Crippen molar-refractivity contribution in [2.45, 2.75) is 71.8 Å². The predicted octanol–water partition coefficient (Wildman–Crippen LogP) is 4.03. The van der Waals surface area contributed by atoms with Crippen molar-refractivity contribution in [3.63, 3.8) is 0 Å². The summed E-state index contributed by atoms with van der Waals surface area (Å²) in [5.41, 5.74) is 1.23. The van der Waals surface area contributed by atoms with Crippen molar-refractivity contribution >= 4 is 9.28 Å². The van der Waals surface area contributed by atoms with Crippen LogP contribution in [-0.4, -0.2) is 22.5 Å². The largest absolute Gasteiger partial charge is 0.396 e. The molecule has 17 heavy (non-hydrogen) atoms. The van der Waals surface area contributed by atoms with Crippen LogP contribution in [0.4, 0.5) is 0 Å². The first-order chi connectivity index (χ1) is 8.09. The van der Waals surface area contributed by atoms with Crippen molar-refractivity contribution in [1.29, 1.82) is 0 Å². The van der Waals surface area contributed by atoms with Crippen LogP contribution in [0.5, 0.6) is 0 Å². The molecule has 0 radical (unpaired) electrons. The molecule has 1 unspecified atom stereocenters. The molecule has 0 aromatic rings. The van der Waals surface area contributed by atoms with E-state index >= 15 is 0 Å². The average Bonchev–Trinajstić information content (AvgIpc) is 2.28. The fourth-order valence-electron chi connectivity index (χ4n) is 2.78. The maximum Gasteiger partial charge on any atom is 0.324 e. The van der Waals surface area contributed by atoms with Gasteiger partial charge in [-0.15, -0.1) is 0 Å². The summed E-state index contributed by atoms with van der Waals surface area (Å²) in [6.07, 6.45) is 7.56. The molecule has 0 aromatic carbocycles. The number of rotatable bonds is 7. The van der Waals surface area contributed by atoms with Crippen molar-refractivity contribution in [1.82, 2.24) is 0 Å². The van der Waals surface area contributed by atoms with Gasteiger partial charge in [0, 0.05) is 18.8 Å². The van der Waals surface area contributed by atoms with Gasteiger partial charge >= 0.3 is 9.28 Å². The molecule has 1 fully saturated rings. The predicted molar refractivity (Wildman–Crippen MR) is 75.6 cm³/mol. The first-order valence-electron chi connectivity index (χ1n) is 7.32. The van der Waals surface area contributed by atoms with E-state index in [4.69, 9.17) is 8.85 Å². The third-order valence-electron chi connectivity index (χ3n) is 3.60. The summed E-state index contributed by atoms with van der Waals surface area (Å²) in [5.74, 6) is 0. The highest BCUT2D eigenvalue weighted by atomic mass is 28.3. The Morgan fingerprint density at radius 1 is 1.12 bits per heavy atom. The average molecular weight is 258 g/mol. The molecule has 0 bridgehead atoms. The minimum absolute atomic E-state index is 0.499. The van der Waals surface area contributed by atoms with E-state index in [-0.39, 0.29) is 0 Å². The van der Waals surface area contributed by atoms with Gasteiger partial charge in [-0.1, -0.05) is 34.1 Å². The summed E-state index contributed by atoms with van der Waals surface area (Å²) in [4.78, 5) is 0. The van der Waals surface area contributed by atoms with Crippen LogP contribution in [0.2, 0.25) is 5.54 Å². The van der Waals surface area contributed by atoms with Crippen molar-refractivity contribution in [3.05, 3.63) is 0 Å². The third-order valence-corrected chi connectivity index (χ3v) is 6.07. The molecule has 1 aliphatic rings. The molecule has 1 atom stereocenters. The lowest BCUT2D eigenvalue weighted by atomic mass is 9.77. The van der Waals surface area contributed by atoms with E-state index in [1.165, 1.54) is 25.7 Å². The Morgan fingerprint density at radius 2 is 1.71 bits per heavy atom. The lowest BCUT2D eigenvalue weighted by molar-refractivity contribution is 0.158. The van der Waals surface area contributed by atoms with Crippen molar-refractivity contribution in [2.75, 3.05) is 13.2 Å². The van der Waals surface area contributed by atoms with Gasteiger partial charge < -0.3 is 8.85 Å². The SMILES string of the molecule is CCCO[SiH](OCCC)C1CCCC(C)(C)C1. The van der Waals surface area contributed by atoms with Gasteiger partial charge in [-0.05, 0) is 37.5 Å². The van der Waals surface area contributed by atoms with Crippen LogP contribution in [0.15, 0.2) is 0 Å². The highest BCUT2D eigenvalue weighted by Gasteiger charge is 2.35. The molecule has 0 aromatic heterocycles. The van der Waals surface area contributed by atoms with Gasteiger partial charge in [0.15, 0.2) is 0 Å². The van der Waals surface area contributed by atoms with Crippen LogP contribution in [-0.2, 0) is 8.85 Å². The fourth-order valence-corrected chi connectivity index (χ4v) is 5.69. The summed E-state index contributed by atoms with van der Waals surface area (Å²) < 4.78 is 12.1. The maximum atomic E-state index is 6.04. The van der Waals surface area contributed by atoms with E-state index in [1.807, 2.05) is 0 Å². The lowest BCUT2D eigenvalue weighted by Crippen LogP contribution is -2.35. The Hall–Kier alpha value is 0.137. The van der Waals surface area contributed by atoms with Gasteiger partial charge in [-0.2, -0.15) is 0 Å². The third kappa shape index (κ3) is 5.54. The molecular weight excluding hydrogens is 228 g/mol. The van der Waals surface area contributed by atoms with Gasteiger partial charge in [0.25, 0.3) is 0 Å². The smallest absolute Gasteiger partial charge is 0.324 e. The van der Waals surface area contributed by atoms with Crippen LogP contribution in [0.25, 0.3) is 0 Å². The molecular formula is C14H30O2Si. The summed E-state index contributed by atoms with van der Waals surface area (Å²) in [5, 5.41) is 0. The summed E-state index contributed by atoms with van der Waals surface area (Å²) in [6.45, 7) is 10.9. The normalized spacial score (nSPS) is 24.2. The van der Waals surface area contributed by atoms with Crippen molar-refractivity contribution in [3.8, 4) is 0 Å². The molecule has 0 spiro atoms. The van der Waals surface area contributed by atoms with Gasteiger partial charge in [0.1, 0.15) is 0 Å². The van der Waals surface area contributed by atoms with E-state index < -0.39 is 9.28 Å². The molecule has 1 saturated carbocycles.